The molecule has 1 aromatic carbocycles. The molecule has 1 fully saturated rings. The molecular weight excluding hydrogens is 378 g/mol. The fourth-order valence-electron chi connectivity index (χ4n) is 3.15. The third kappa shape index (κ3) is 3.77. The lowest BCUT2D eigenvalue weighted by atomic mass is 10.1. The molecule has 0 bridgehead atoms. The molecule has 8 heteroatoms. The van der Waals surface area contributed by atoms with Gasteiger partial charge in [0.2, 0.25) is 11.8 Å². The van der Waals surface area contributed by atoms with Gasteiger partial charge < -0.3 is 19.5 Å². The van der Waals surface area contributed by atoms with Crippen molar-refractivity contribution in [3.63, 3.8) is 0 Å². The molecule has 0 unspecified atom stereocenters. The van der Waals surface area contributed by atoms with Crippen molar-refractivity contribution >= 4 is 28.8 Å². The maximum atomic E-state index is 12.5. The standard InChI is InChI=1S/C20H19N3O4S/c1-26-16-6-4-15(5-7-16)23-12-13(9-19(23)24)20(25)21-11-14-10-17(27-22-14)18-3-2-8-28-18/h2-8,10,13H,9,11-12H2,1H3,(H,21,25)/t13-/m0/s1. The van der Waals surface area contributed by atoms with E-state index in [0.717, 1.165) is 16.3 Å². The Morgan fingerprint density at radius 1 is 1.36 bits per heavy atom. The summed E-state index contributed by atoms with van der Waals surface area (Å²) in [6, 6.07) is 12.9. The van der Waals surface area contributed by atoms with Crippen LogP contribution < -0.4 is 15.0 Å². The third-order valence-electron chi connectivity index (χ3n) is 4.65. The first-order chi connectivity index (χ1) is 13.6. The highest BCUT2D eigenvalue weighted by molar-refractivity contribution is 7.13. The van der Waals surface area contributed by atoms with Crippen molar-refractivity contribution in [3.8, 4) is 16.4 Å². The van der Waals surface area contributed by atoms with E-state index in [1.54, 1.807) is 35.5 Å². The van der Waals surface area contributed by atoms with Crippen molar-refractivity contribution in [1.29, 1.82) is 0 Å². The monoisotopic (exact) mass is 397 g/mol. The lowest BCUT2D eigenvalue weighted by Crippen LogP contribution is -2.32. The van der Waals surface area contributed by atoms with E-state index in [9.17, 15) is 9.59 Å². The number of hydrogen-bond acceptors (Lipinski definition) is 6. The molecule has 144 valence electrons. The van der Waals surface area contributed by atoms with Crippen molar-refractivity contribution in [3.05, 3.63) is 53.5 Å². The van der Waals surface area contributed by atoms with E-state index in [4.69, 9.17) is 9.26 Å². The van der Waals surface area contributed by atoms with Gasteiger partial charge in [-0.25, -0.2) is 0 Å². The zero-order valence-electron chi connectivity index (χ0n) is 15.3. The summed E-state index contributed by atoms with van der Waals surface area (Å²) in [6.45, 7) is 0.622. The van der Waals surface area contributed by atoms with Gasteiger partial charge in [0.25, 0.3) is 0 Å². The van der Waals surface area contributed by atoms with Crippen molar-refractivity contribution in [1.82, 2.24) is 10.5 Å². The Bertz CT molecular complexity index is 966. The van der Waals surface area contributed by atoms with Gasteiger partial charge in [-0.3, -0.25) is 9.59 Å². The fourth-order valence-corrected chi connectivity index (χ4v) is 3.82. The van der Waals surface area contributed by atoms with Crippen molar-refractivity contribution in [2.24, 2.45) is 5.92 Å². The van der Waals surface area contributed by atoms with E-state index in [-0.39, 0.29) is 24.8 Å². The number of aromatic nitrogens is 1. The number of nitrogens with zero attached hydrogens (tertiary/aromatic N) is 2. The van der Waals surface area contributed by atoms with Gasteiger partial charge >= 0.3 is 0 Å². The van der Waals surface area contributed by atoms with Gasteiger partial charge in [0.15, 0.2) is 5.76 Å². The van der Waals surface area contributed by atoms with Crippen molar-refractivity contribution < 1.29 is 18.8 Å². The van der Waals surface area contributed by atoms with Crippen LogP contribution in [0.1, 0.15) is 12.1 Å². The number of ether oxygens (including phenoxy) is 1. The second-order valence-electron chi connectivity index (χ2n) is 6.48. The molecule has 1 aliphatic rings. The summed E-state index contributed by atoms with van der Waals surface area (Å²) >= 11 is 1.56. The molecule has 3 aromatic rings. The van der Waals surface area contributed by atoms with Crippen LogP contribution in [0.5, 0.6) is 5.75 Å². The van der Waals surface area contributed by atoms with Crippen LogP contribution >= 0.6 is 11.3 Å². The maximum Gasteiger partial charge on any atom is 0.227 e. The zero-order valence-corrected chi connectivity index (χ0v) is 16.1. The second kappa shape index (κ2) is 7.85. The molecule has 3 heterocycles. The number of carbonyl (C=O) groups is 2. The predicted octanol–water partition coefficient (Wildman–Crippen LogP) is 3.08. The van der Waals surface area contributed by atoms with Crippen molar-refractivity contribution in [2.45, 2.75) is 13.0 Å². The van der Waals surface area contributed by atoms with Crippen LogP contribution in [-0.2, 0) is 16.1 Å². The third-order valence-corrected chi connectivity index (χ3v) is 5.53. The van der Waals surface area contributed by atoms with E-state index < -0.39 is 5.92 Å². The smallest absolute Gasteiger partial charge is 0.227 e. The van der Waals surface area contributed by atoms with Crippen LogP contribution in [0.2, 0.25) is 0 Å². The molecule has 0 radical (unpaired) electrons. The van der Waals surface area contributed by atoms with E-state index in [0.29, 0.717) is 18.0 Å². The van der Waals surface area contributed by atoms with Crippen LogP contribution in [0, 0.1) is 5.92 Å². The number of carbonyl (C=O) groups excluding carboxylic acids is 2. The van der Waals surface area contributed by atoms with Gasteiger partial charge in [-0.1, -0.05) is 11.2 Å². The van der Waals surface area contributed by atoms with Gasteiger partial charge in [-0.05, 0) is 35.7 Å². The minimum atomic E-state index is -0.390. The summed E-state index contributed by atoms with van der Waals surface area (Å²) in [5.41, 5.74) is 1.41. The molecule has 2 amide bonds. The second-order valence-corrected chi connectivity index (χ2v) is 7.43. The van der Waals surface area contributed by atoms with E-state index in [1.807, 2.05) is 35.7 Å². The molecule has 1 aliphatic heterocycles. The Balaban J connectivity index is 1.34. The number of thiophene rings is 1. The normalized spacial score (nSPS) is 16.4. The molecule has 4 rings (SSSR count). The van der Waals surface area contributed by atoms with E-state index in [1.165, 1.54) is 0 Å². The highest BCUT2D eigenvalue weighted by Crippen LogP contribution is 2.27. The Kier molecular flexibility index (Phi) is 5.12. The maximum absolute atomic E-state index is 12.5. The Hall–Kier alpha value is -3.13. The predicted molar refractivity (Wildman–Crippen MR) is 105 cm³/mol. The number of nitrogens with one attached hydrogen (secondary N) is 1. The Morgan fingerprint density at radius 3 is 2.89 bits per heavy atom. The molecule has 28 heavy (non-hydrogen) atoms. The molecule has 0 aliphatic carbocycles. The average molecular weight is 397 g/mol. The van der Waals surface area contributed by atoms with Crippen molar-refractivity contribution in [2.75, 3.05) is 18.6 Å². The van der Waals surface area contributed by atoms with Crippen LogP contribution in [-0.4, -0.2) is 30.6 Å². The number of amides is 2. The minimum absolute atomic E-state index is 0.0632. The number of anilines is 1. The topological polar surface area (TPSA) is 84.7 Å². The van der Waals surface area contributed by atoms with Gasteiger partial charge in [-0.2, -0.15) is 0 Å². The molecule has 2 aromatic heterocycles. The molecule has 7 nitrogen and oxygen atoms in total. The number of methoxy groups -OCH3 is 1. The first kappa shape index (κ1) is 18.2. The van der Waals surface area contributed by atoms with Gasteiger partial charge in [0.05, 0.1) is 24.4 Å². The Labute approximate surface area is 165 Å². The average Bonchev–Trinajstić information content (AvgIpc) is 3.46. The van der Waals surface area contributed by atoms with Crippen LogP contribution in [0.4, 0.5) is 5.69 Å². The first-order valence-corrected chi connectivity index (χ1v) is 9.73. The summed E-state index contributed by atoms with van der Waals surface area (Å²) in [5.74, 6) is 0.787. The SMILES string of the molecule is COc1ccc(N2C[C@@H](C(=O)NCc3cc(-c4cccs4)on3)CC2=O)cc1. The first-order valence-electron chi connectivity index (χ1n) is 8.85. The van der Waals surface area contributed by atoms with Crippen LogP contribution in [0.3, 0.4) is 0 Å². The van der Waals surface area contributed by atoms with E-state index >= 15 is 0 Å². The highest BCUT2D eigenvalue weighted by Gasteiger charge is 2.35. The summed E-state index contributed by atoms with van der Waals surface area (Å²) < 4.78 is 10.5. The lowest BCUT2D eigenvalue weighted by molar-refractivity contribution is -0.126. The van der Waals surface area contributed by atoms with Gasteiger partial charge in [-0.15, -0.1) is 11.3 Å². The molecule has 0 spiro atoms. The molecule has 1 saturated heterocycles. The summed E-state index contributed by atoms with van der Waals surface area (Å²) in [5, 5.41) is 8.81. The summed E-state index contributed by atoms with van der Waals surface area (Å²) in [6.07, 6.45) is 0.192. The lowest BCUT2D eigenvalue weighted by Gasteiger charge is -2.17. The number of hydrogen-bond donors (Lipinski definition) is 1. The summed E-state index contributed by atoms with van der Waals surface area (Å²) in [4.78, 5) is 27.5. The number of rotatable bonds is 6. The Morgan fingerprint density at radius 2 is 2.18 bits per heavy atom. The fraction of sp³-hybridized carbons (Fsp3) is 0.250. The van der Waals surface area contributed by atoms with Gasteiger partial charge in [0.1, 0.15) is 11.4 Å². The zero-order chi connectivity index (χ0) is 19.5. The minimum Gasteiger partial charge on any atom is -0.497 e. The van der Waals surface area contributed by atoms with E-state index in [2.05, 4.69) is 10.5 Å². The van der Waals surface area contributed by atoms with Gasteiger partial charge in [0, 0.05) is 24.7 Å². The quantitative estimate of drug-likeness (QED) is 0.691. The van der Waals surface area contributed by atoms with Crippen LogP contribution in [0.15, 0.2) is 52.4 Å². The highest BCUT2D eigenvalue weighted by atomic mass is 32.1. The molecular formula is C20H19N3O4S. The number of benzene rings is 1. The van der Waals surface area contributed by atoms with Crippen LogP contribution in [0.25, 0.3) is 10.6 Å². The molecule has 1 atom stereocenters. The molecule has 1 N–H and O–H groups in total. The largest absolute Gasteiger partial charge is 0.497 e. The molecule has 0 saturated carbocycles. The summed E-state index contributed by atoms with van der Waals surface area (Å²) in [7, 11) is 1.59.